The lowest BCUT2D eigenvalue weighted by molar-refractivity contribution is -0.0360. The van der Waals surface area contributed by atoms with Crippen LogP contribution in [0.25, 0.3) is 0 Å². The van der Waals surface area contributed by atoms with Crippen LogP contribution in [0.4, 0.5) is 10.3 Å². The smallest absolute Gasteiger partial charge is 0.222 e. The van der Waals surface area contributed by atoms with Gasteiger partial charge in [0, 0.05) is 57.8 Å². The number of nitrogens with zero attached hydrogens (tertiary/aromatic N) is 3. The molecule has 1 fully saturated rings. The van der Waals surface area contributed by atoms with Gasteiger partial charge in [0.05, 0.1) is 0 Å². The summed E-state index contributed by atoms with van der Waals surface area (Å²) in [7, 11) is 3.49. The number of nitrogens with one attached hydrogen (secondary N) is 1. The maximum Gasteiger partial charge on any atom is 0.222 e. The minimum atomic E-state index is -0.391. The highest BCUT2D eigenvalue weighted by Gasteiger charge is 2.39. The molecule has 0 spiro atoms. The summed E-state index contributed by atoms with van der Waals surface area (Å²) in [5.74, 6) is 0.827. The van der Waals surface area contributed by atoms with Crippen LogP contribution in [-0.4, -0.2) is 54.3 Å². The summed E-state index contributed by atoms with van der Waals surface area (Å²) in [6.45, 7) is 2.79. The van der Waals surface area contributed by atoms with Crippen molar-refractivity contribution in [2.75, 3.05) is 39.2 Å². The first kappa shape index (κ1) is 17.6. The van der Waals surface area contributed by atoms with Gasteiger partial charge >= 0.3 is 0 Å². The minimum Gasteiger partial charge on any atom is -0.490 e. The first-order valence-corrected chi connectivity index (χ1v) is 8.27. The summed E-state index contributed by atoms with van der Waals surface area (Å²) < 4.78 is 24.8. The lowest BCUT2D eigenvalue weighted by atomic mass is 10.0. The van der Waals surface area contributed by atoms with Crippen molar-refractivity contribution >= 4 is 5.95 Å². The number of hydrogen-bond acceptors (Lipinski definition) is 6. The fraction of sp³-hybridized carbons (Fsp3) is 0.444. The Hall–Kier alpha value is -2.25. The van der Waals surface area contributed by atoms with Crippen molar-refractivity contribution in [1.29, 1.82) is 0 Å². The Kier molecular flexibility index (Phi) is 5.45. The SMILES string of the molecule is CNc1ncc(CN2CC[C@@](COc3cccc(F)c3)(OC)C2)cn1. The highest BCUT2D eigenvalue weighted by Crippen LogP contribution is 2.27. The summed E-state index contributed by atoms with van der Waals surface area (Å²) in [5.41, 5.74) is 0.662. The van der Waals surface area contributed by atoms with Crippen LogP contribution in [0.5, 0.6) is 5.75 Å². The quantitative estimate of drug-likeness (QED) is 0.830. The van der Waals surface area contributed by atoms with Gasteiger partial charge in [0.2, 0.25) is 5.95 Å². The van der Waals surface area contributed by atoms with Gasteiger partial charge in [-0.2, -0.15) is 0 Å². The number of methoxy groups -OCH3 is 1. The molecular weight excluding hydrogens is 323 g/mol. The Balaban J connectivity index is 1.57. The van der Waals surface area contributed by atoms with Crippen molar-refractivity contribution in [1.82, 2.24) is 14.9 Å². The van der Waals surface area contributed by atoms with E-state index in [-0.39, 0.29) is 5.82 Å². The second-order valence-electron chi connectivity index (χ2n) is 6.26. The summed E-state index contributed by atoms with van der Waals surface area (Å²) in [6.07, 6.45) is 4.51. The van der Waals surface area contributed by atoms with E-state index in [9.17, 15) is 4.39 Å². The summed E-state index contributed by atoms with van der Waals surface area (Å²) in [5, 5.41) is 2.91. The Morgan fingerprint density at radius 2 is 2.12 bits per heavy atom. The first-order valence-electron chi connectivity index (χ1n) is 8.27. The highest BCUT2D eigenvalue weighted by atomic mass is 19.1. The van der Waals surface area contributed by atoms with E-state index in [2.05, 4.69) is 20.2 Å². The van der Waals surface area contributed by atoms with Crippen LogP contribution in [0.3, 0.4) is 0 Å². The second-order valence-corrected chi connectivity index (χ2v) is 6.26. The van der Waals surface area contributed by atoms with Crippen molar-refractivity contribution in [3.8, 4) is 5.75 Å². The molecule has 2 heterocycles. The highest BCUT2D eigenvalue weighted by molar-refractivity contribution is 5.24. The molecule has 3 rings (SSSR count). The Morgan fingerprint density at radius 3 is 2.80 bits per heavy atom. The van der Waals surface area contributed by atoms with Crippen molar-refractivity contribution in [2.45, 2.75) is 18.6 Å². The van der Waals surface area contributed by atoms with Gasteiger partial charge in [-0.15, -0.1) is 0 Å². The molecule has 1 atom stereocenters. The zero-order valence-corrected chi connectivity index (χ0v) is 14.5. The average Bonchev–Trinajstić information content (AvgIpc) is 3.04. The molecule has 6 nitrogen and oxygen atoms in total. The molecule has 0 radical (unpaired) electrons. The van der Waals surface area contributed by atoms with Crippen molar-refractivity contribution in [3.05, 3.63) is 48.0 Å². The number of hydrogen-bond donors (Lipinski definition) is 1. The molecule has 1 aliphatic rings. The molecule has 0 aliphatic carbocycles. The van der Waals surface area contributed by atoms with E-state index >= 15 is 0 Å². The van der Waals surface area contributed by atoms with Crippen LogP contribution in [0.15, 0.2) is 36.7 Å². The second kappa shape index (κ2) is 7.76. The molecule has 2 aromatic rings. The molecule has 1 aliphatic heterocycles. The zero-order valence-electron chi connectivity index (χ0n) is 14.5. The third kappa shape index (κ3) is 4.43. The van der Waals surface area contributed by atoms with Crippen LogP contribution in [-0.2, 0) is 11.3 Å². The monoisotopic (exact) mass is 346 g/mol. The average molecular weight is 346 g/mol. The molecule has 1 N–H and O–H groups in total. The molecule has 1 saturated heterocycles. The molecule has 0 bridgehead atoms. The molecule has 7 heteroatoms. The normalized spacial score (nSPS) is 20.6. The topological polar surface area (TPSA) is 59.5 Å². The van der Waals surface area contributed by atoms with Gasteiger partial charge in [0.15, 0.2) is 0 Å². The third-order valence-corrected chi connectivity index (χ3v) is 4.46. The number of benzene rings is 1. The van der Waals surface area contributed by atoms with Gasteiger partial charge in [-0.05, 0) is 18.6 Å². The van der Waals surface area contributed by atoms with Crippen LogP contribution >= 0.6 is 0 Å². The van der Waals surface area contributed by atoms with E-state index in [0.717, 1.165) is 31.6 Å². The fourth-order valence-electron chi connectivity index (χ4n) is 3.00. The van der Waals surface area contributed by atoms with E-state index in [4.69, 9.17) is 9.47 Å². The molecule has 25 heavy (non-hydrogen) atoms. The summed E-state index contributed by atoms with van der Waals surface area (Å²) in [6, 6.07) is 6.17. The van der Waals surface area contributed by atoms with Gasteiger partial charge in [-0.25, -0.2) is 14.4 Å². The van der Waals surface area contributed by atoms with Gasteiger partial charge in [0.1, 0.15) is 23.8 Å². The standard InChI is InChI=1S/C18H23FN4O2/c1-20-17-21-9-14(10-22-17)11-23-7-6-18(12-23,24-2)13-25-16-5-3-4-15(19)8-16/h3-5,8-10H,6-7,11-13H2,1-2H3,(H,20,21,22)/t18-/m1/s1. The van der Waals surface area contributed by atoms with Gasteiger partial charge in [-0.1, -0.05) is 6.07 Å². The number of aromatic nitrogens is 2. The molecule has 0 unspecified atom stereocenters. The van der Waals surface area contributed by atoms with Gasteiger partial charge in [-0.3, -0.25) is 4.90 Å². The zero-order chi connectivity index (χ0) is 17.7. The Labute approximate surface area is 147 Å². The maximum atomic E-state index is 13.3. The minimum absolute atomic E-state index is 0.304. The van der Waals surface area contributed by atoms with Crippen LogP contribution in [0, 0.1) is 5.82 Å². The maximum absolute atomic E-state index is 13.3. The number of ether oxygens (including phenoxy) is 2. The predicted molar refractivity (Wildman–Crippen MR) is 93.1 cm³/mol. The summed E-state index contributed by atoms with van der Waals surface area (Å²) >= 11 is 0. The number of anilines is 1. The Morgan fingerprint density at radius 1 is 1.32 bits per heavy atom. The molecular formula is C18H23FN4O2. The van der Waals surface area contributed by atoms with E-state index < -0.39 is 5.60 Å². The van der Waals surface area contributed by atoms with Gasteiger partial charge < -0.3 is 14.8 Å². The van der Waals surface area contributed by atoms with Crippen LogP contribution in [0.2, 0.25) is 0 Å². The van der Waals surface area contributed by atoms with Crippen molar-refractivity contribution in [2.24, 2.45) is 0 Å². The molecule has 1 aromatic heterocycles. The molecule has 134 valence electrons. The third-order valence-electron chi connectivity index (χ3n) is 4.46. The lowest BCUT2D eigenvalue weighted by Gasteiger charge is -2.28. The predicted octanol–water partition coefficient (Wildman–Crippen LogP) is 2.33. The molecule has 1 aromatic carbocycles. The van der Waals surface area contributed by atoms with E-state index in [1.165, 1.54) is 12.1 Å². The van der Waals surface area contributed by atoms with Crippen molar-refractivity contribution < 1.29 is 13.9 Å². The van der Waals surface area contributed by atoms with Crippen LogP contribution < -0.4 is 10.1 Å². The number of halogens is 1. The van der Waals surface area contributed by atoms with E-state index in [0.29, 0.717) is 18.3 Å². The lowest BCUT2D eigenvalue weighted by Crippen LogP contribution is -2.41. The molecule has 0 saturated carbocycles. The van der Waals surface area contributed by atoms with E-state index in [1.54, 1.807) is 26.3 Å². The number of rotatable bonds is 7. The Bertz CT molecular complexity index is 698. The van der Waals surface area contributed by atoms with Crippen LogP contribution in [0.1, 0.15) is 12.0 Å². The van der Waals surface area contributed by atoms with Crippen molar-refractivity contribution in [3.63, 3.8) is 0 Å². The number of likely N-dealkylation sites (tertiary alicyclic amines) is 1. The summed E-state index contributed by atoms with van der Waals surface area (Å²) in [4.78, 5) is 10.8. The molecule has 0 amide bonds. The largest absolute Gasteiger partial charge is 0.490 e. The fourth-order valence-corrected chi connectivity index (χ4v) is 3.00. The van der Waals surface area contributed by atoms with Gasteiger partial charge in [0.25, 0.3) is 0 Å². The van der Waals surface area contributed by atoms with E-state index in [1.807, 2.05) is 12.4 Å². The first-order chi connectivity index (χ1) is 12.1.